The van der Waals surface area contributed by atoms with Crippen LogP contribution in [0.4, 0.5) is 5.69 Å². The van der Waals surface area contributed by atoms with Gasteiger partial charge in [0.15, 0.2) is 6.23 Å². The van der Waals surface area contributed by atoms with E-state index >= 15 is 0 Å². The zero-order valence-corrected chi connectivity index (χ0v) is 16.1. The second-order valence-corrected chi connectivity index (χ2v) is 7.08. The number of benzene rings is 4. The third-order valence-corrected chi connectivity index (χ3v) is 5.02. The molecule has 0 radical (unpaired) electrons. The maximum atomic E-state index is 6.23. The molecule has 0 aliphatic heterocycles. The highest BCUT2D eigenvalue weighted by molar-refractivity contribution is 6.05. The summed E-state index contributed by atoms with van der Waals surface area (Å²) in [6.45, 7) is 2.00. The Morgan fingerprint density at radius 2 is 1.45 bits per heavy atom. The van der Waals surface area contributed by atoms with Gasteiger partial charge in [-0.3, -0.25) is 0 Å². The summed E-state index contributed by atoms with van der Waals surface area (Å²) in [4.78, 5) is 0. The molecule has 0 saturated carbocycles. The highest BCUT2D eigenvalue weighted by Crippen LogP contribution is 2.32. The first-order valence-corrected chi connectivity index (χ1v) is 9.77. The molecular formula is C26H21NO2. The highest BCUT2D eigenvalue weighted by Gasteiger charge is 2.11. The average molecular weight is 379 g/mol. The molecule has 0 amide bonds. The minimum atomic E-state index is -0.207. The molecule has 1 atom stereocenters. The maximum Gasteiger partial charge on any atom is 0.167 e. The average Bonchev–Trinajstić information content (AvgIpc) is 3.12. The number of hydrogen-bond acceptors (Lipinski definition) is 3. The number of rotatable bonds is 5. The van der Waals surface area contributed by atoms with E-state index in [2.05, 4.69) is 41.7 Å². The number of ether oxygens (including phenoxy) is 1. The summed E-state index contributed by atoms with van der Waals surface area (Å²) >= 11 is 0. The minimum absolute atomic E-state index is 0.207. The summed E-state index contributed by atoms with van der Waals surface area (Å²) in [5.41, 5.74) is 4.95. The lowest BCUT2D eigenvalue weighted by molar-refractivity contribution is 0.252. The van der Waals surface area contributed by atoms with E-state index in [0.717, 1.165) is 44.5 Å². The Hall–Kier alpha value is -3.72. The number of para-hydroxylation sites is 2. The Kier molecular flexibility index (Phi) is 4.41. The van der Waals surface area contributed by atoms with Crippen molar-refractivity contribution in [2.75, 3.05) is 5.32 Å². The lowest BCUT2D eigenvalue weighted by Gasteiger charge is -2.19. The predicted octanol–water partition coefficient (Wildman–Crippen LogP) is 7.09. The Morgan fingerprint density at radius 3 is 2.34 bits per heavy atom. The van der Waals surface area contributed by atoms with Gasteiger partial charge >= 0.3 is 0 Å². The van der Waals surface area contributed by atoms with Crippen molar-refractivity contribution >= 4 is 27.6 Å². The lowest BCUT2D eigenvalue weighted by Crippen LogP contribution is -2.22. The van der Waals surface area contributed by atoms with E-state index in [4.69, 9.17) is 9.15 Å². The predicted molar refractivity (Wildman–Crippen MR) is 119 cm³/mol. The second-order valence-electron chi connectivity index (χ2n) is 7.08. The number of fused-ring (bicyclic) bond motifs is 3. The monoisotopic (exact) mass is 379 g/mol. The van der Waals surface area contributed by atoms with E-state index in [-0.39, 0.29) is 6.23 Å². The Balaban J connectivity index is 1.39. The van der Waals surface area contributed by atoms with E-state index in [0.29, 0.717) is 0 Å². The van der Waals surface area contributed by atoms with Gasteiger partial charge in [0.1, 0.15) is 16.9 Å². The van der Waals surface area contributed by atoms with Crippen molar-refractivity contribution in [3.05, 3.63) is 97.1 Å². The third-order valence-electron chi connectivity index (χ3n) is 5.02. The van der Waals surface area contributed by atoms with Gasteiger partial charge in [0.05, 0.1) is 0 Å². The first-order valence-electron chi connectivity index (χ1n) is 9.77. The van der Waals surface area contributed by atoms with E-state index in [9.17, 15) is 0 Å². The SMILES string of the molecule is CC(Nc1ccc2c(c1)oc1ccccc12)Oc1ccccc1-c1ccccc1. The van der Waals surface area contributed by atoms with Gasteiger partial charge in [0.2, 0.25) is 0 Å². The molecule has 0 bridgehead atoms. The molecule has 5 aromatic rings. The molecule has 0 saturated heterocycles. The molecule has 3 heteroatoms. The third kappa shape index (κ3) is 3.43. The van der Waals surface area contributed by atoms with E-state index < -0.39 is 0 Å². The summed E-state index contributed by atoms with van der Waals surface area (Å²) in [5, 5.41) is 5.68. The summed E-state index contributed by atoms with van der Waals surface area (Å²) < 4.78 is 12.2. The van der Waals surface area contributed by atoms with Gasteiger partial charge in [-0.1, -0.05) is 66.7 Å². The molecule has 0 aliphatic carbocycles. The van der Waals surface area contributed by atoms with Gasteiger partial charge in [-0.25, -0.2) is 0 Å². The summed E-state index contributed by atoms with van der Waals surface area (Å²) in [7, 11) is 0. The molecule has 3 nitrogen and oxygen atoms in total. The van der Waals surface area contributed by atoms with Crippen LogP contribution in [-0.4, -0.2) is 6.23 Å². The van der Waals surface area contributed by atoms with Crippen LogP contribution in [0.15, 0.2) is 101 Å². The number of anilines is 1. The standard InChI is InChI=1S/C26H21NO2/c1-18(28-24-13-7-5-11-21(24)19-9-3-2-4-10-19)27-20-15-16-23-22-12-6-8-14-25(22)29-26(23)17-20/h2-18,27H,1H3. The van der Waals surface area contributed by atoms with Crippen molar-refractivity contribution in [3.63, 3.8) is 0 Å². The lowest BCUT2D eigenvalue weighted by atomic mass is 10.1. The molecule has 0 aliphatic rings. The molecule has 4 aromatic carbocycles. The van der Waals surface area contributed by atoms with Crippen LogP contribution in [0.3, 0.4) is 0 Å². The smallest absolute Gasteiger partial charge is 0.167 e. The fourth-order valence-electron chi connectivity index (χ4n) is 3.70. The molecule has 1 heterocycles. The maximum absolute atomic E-state index is 6.23. The first kappa shape index (κ1) is 17.4. The van der Waals surface area contributed by atoms with E-state index in [1.165, 1.54) is 0 Å². The topological polar surface area (TPSA) is 34.4 Å². The Morgan fingerprint density at radius 1 is 0.724 bits per heavy atom. The number of nitrogens with one attached hydrogen (secondary N) is 1. The fraction of sp³-hybridized carbons (Fsp3) is 0.0769. The van der Waals surface area contributed by atoms with Crippen molar-refractivity contribution in [3.8, 4) is 16.9 Å². The van der Waals surface area contributed by atoms with Crippen molar-refractivity contribution in [2.24, 2.45) is 0 Å². The largest absolute Gasteiger partial charge is 0.470 e. The number of furan rings is 1. The van der Waals surface area contributed by atoms with Gasteiger partial charge in [-0.05, 0) is 36.8 Å². The van der Waals surface area contributed by atoms with Gasteiger partial charge in [-0.15, -0.1) is 0 Å². The fourth-order valence-corrected chi connectivity index (χ4v) is 3.70. The van der Waals surface area contributed by atoms with E-state index in [1.807, 2.05) is 67.6 Å². The molecule has 1 N–H and O–H groups in total. The summed E-state index contributed by atoms with van der Waals surface area (Å²) in [6.07, 6.45) is -0.207. The molecular weight excluding hydrogens is 358 g/mol. The van der Waals surface area contributed by atoms with Crippen molar-refractivity contribution in [2.45, 2.75) is 13.2 Å². The van der Waals surface area contributed by atoms with Crippen LogP contribution in [0.2, 0.25) is 0 Å². The Labute approximate surface area is 169 Å². The van der Waals surface area contributed by atoms with Crippen molar-refractivity contribution in [1.82, 2.24) is 0 Å². The normalized spacial score (nSPS) is 12.2. The number of hydrogen-bond donors (Lipinski definition) is 1. The molecule has 1 aromatic heterocycles. The van der Waals surface area contributed by atoms with Crippen LogP contribution in [0, 0.1) is 0 Å². The van der Waals surface area contributed by atoms with Gasteiger partial charge in [-0.2, -0.15) is 0 Å². The van der Waals surface area contributed by atoms with Crippen molar-refractivity contribution < 1.29 is 9.15 Å². The van der Waals surface area contributed by atoms with Crippen LogP contribution >= 0.6 is 0 Å². The van der Waals surface area contributed by atoms with E-state index in [1.54, 1.807) is 0 Å². The highest BCUT2D eigenvalue weighted by atomic mass is 16.5. The zero-order chi connectivity index (χ0) is 19.6. The second kappa shape index (κ2) is 7.36. The van der Waals surface area contributed by atoms with Crippen LogP contribution in [0.5, 0.6) is 5.75 Å². The van der Waals surface area contributed by atoms with Crippen molar-refractivity contribution in [1.29, 1.82) is 0 Å². The van der Waals surface area contributed by atoms with Crippen LogP contribution in [-0.2, 0) is 0 Å². The summed E-state index contributed by atoms with van der Waals surface area (Å²) in [5.74, 6) is 0.850. The quantitative estimate of drug-likeness (QED) is 0.331. The minimum Gasteiger partial charge on any atom is -0.470 e. The molecule has 0 spiro atoms. The van der Waals surface area contributed by atoms with Gasteiger partial charge in [0.25, 0.3) is 0 Å². The van der Waals surface area contributed by atoms with Gasteiger partial charge < -0.3 is 14.5 Å². The first-order chi connectivity index (χ1) is 14.3. The van der Waals surface area contributed by atoms with Gasteiger partial charge in [0, 0.05) is 28.1 Å². The molecule has 0 fully saturated rings. The molecule has 29 heavy (non-hydrogen) atoms. The molecule has 142 valence electrons. The Bertz CT molecular complexity index is 1270. The molecule has 1 unspecified atom stereocenters. The van der Waals surface area contributed by atoms with Crippen LogP contribution in [0.1, 0.15) is 6.92 Å². The van der Waals surface area contributed by atoms with Crippen LogP contribution < -0.4 is 10.1 Å². The summed E-state index contributed by atoms with van der Waals surface area (Å²) in [6, 6.07) is 32.7. The van der Waals surface area contributed by atoms with Crippen LogP contribution in [0.25, 0.3) is 33.1 Å². The molecule has 5 rings (SSSR count). The zero-order valence-electron chi connectivity index (χ0n) is 16.1.